The van der Waals surface area contributed by atoms with Gasteiger partial charge in [0, 0.05) is 37.3 Å². The van der Waals surface area contributed by atoms with E-state index >= 15 is 0 Å². The van der Waals surface area contributed by atoms with Gasteiger partial charge in [-0.2, -0.15) is 0 Å². The van der Waals surface area contributed by atoms with Gasteiger partial charge in [0.2, 0.25) is 0 Å². The van der Waals surface area contributed by atoms with Crippen LogP contribution in [0.25, 0.3) is 0 Å². The second-order valence-corrected chi connectivity index (χ2v) is 6.74. The molecule has 3 heterocycles. The number of ether oxygens (including phenoxy) is 1. The van der Waals surface area contributed by atoms with Crippen molar-refractivity contribution in [2.45, 2.75) is 58.2 Å². The number of benzene rings is 1. The van der Waals surface area contributed by atoms with Gasteiger partial charge in [0.15, 0.2) is 0 Å². The molecule has 23 heavy (non-hydrogen) atoms. The largest absolute Gasteiger partial charge is 0.493 e. The summed E-state index contributed by atoms with van der Waals surface area (Å²) in [6, 6.07) is 6.88. The van der Waals surface area contributed by atoms with E-state index < -0.39 is 0 Å². The van der Waals surface area contributed by atoms with E-state index in [1.807, 2.05) is 0 Å². The summed E-state index contributed by atoms with van der Waals surface area (Å²) >= 11 is 0. The molecule has 0 saturated heterocycles. The standard InChI is InChI=1S/C19H25N3O/c1-14-7-8-18-16(11-14)17(5-4-10-23-18)20-12-15-13-21-19-6-2-3-9-22(15)19/h7-8,11,13,17,20H,2-6,9-10,12H2,1H3. The summed E-state index contributed by atoms with van der Waals surface area (Å²) < 4.78 is 8.31. The average Bonchev–Trinajstić information content (AvgIpc) is 2.88. The van der Waals surface area contributed by atoms with Crippen LogP contribution in [0, 0.1) is 6.92 Å². The average molecular weight is 311 g/mol. The molecule has 4 heteroatoms. The smallest absolute Gasteiger partial charge is 0.124 e. The zero-order valence-corrected chi connectivity index (χ0v) is 13.8. The third kappa shape index (κ3) is 3.00. The molecule has 0 aliphatic carbocycles. The van der Waals surface area contributed by atoms with Gasteiger partial charge in [-0.05, 0) is 38.7 Å². The van der Waals surface area contributed by atoms with Crippen molar-refractivity contribution in [1.82, 2.24) is 14.9 Å². The number of rotatable bonds is 3. The molecule has 4 rings (SSSR count). The Morgan fingerprint density at radius 2 is 2.26 bits per heavy atom. The predicted molar refractivity (Wildman–Crippen MR) is 90.7 cm³/mol. The van der Waals surface area contributed by atoms with Crippen LogP contribution in [-0.4, -0.2) is 16.2 Å². The zero-order chi connectivity index (χ0) is 15.6. The summed E-state index contributed by atoms with van der Waals surface area (Å²) in [7, 11) is 0. The van der Waals surface area contributed by atoms with E-state index in [0.717, 1.165) is 44.7 Å². The highest BCUT2D eigenvalue weighted by Crippen LogP contribution is 2.32. The summed E-state index contributed by atoms with van der Waals surface area (Å²) in [4.78, 5) is 4.60. The maximum atomic E-state index is 5.90. The van der Waals surface area contributed by atoms with Gasteiger partial charge in [-0.15, -0.1) is 0 Å². The SMILES string of the molecule is Cc1ccc2c(c1)C(NCc1cnc3n1CCCC3)CCCO2. The third-order valence-corrected chi connectivity index (χ3v) is 5.02. The van der Waals surface area contributed by atoms with Crippen LogP contribution in [0.5, 0.6) is 5.75 Å². The van der Waals surface area contributed by atoms with Crippen LogP contribution in [-0.2, 0) is 19.5 Å². The number of nitrogens with one attached hydrogen (secondary N) is 1. The number of aromatic nitrogens is 2. The van der Waals surface area contributed by atoms with Gasteiger partial charge < -0.3 is 14.6 Å². The first-order valence-corrected chi connectivity index (χ1v) is 8.81. The van der Waals surface area contributed by atoms with Crippen LogP contribution in [0.1, 0.15) is 54.4 Å². The van der Waals surface area contributed by atoms with Crippen molar-refractivity contribution in [3.63, 3.8) is 0 Å². The van der Waals surface area contributed by atoms with E-state index in [-0.39, 0.29) is 0 Å². The van der Waals surface area contributed by atoms with Crippen molar-refractivity contribution in [3.05, 3.63) is 47.0 Å². The van der Waals surface area contributed by atoms with Crippen molar-refractivity contribution in [1.29, 1.82) is 0 Å². The van der Waals surface area contributed by atoms with Gasteiger partial charge >= 0.3 is 0 Å². The number of hydrogen-bond acceptors (Lipinski definition) is 3. The first-order chi connectivity index (χ1) is 11.3. The minimum atomic E-state index is 0.363. The normalized spacial score (nSPS) is 20.3. The molecule has 1 N–H and O–H groups in total. The number of fused-ring (bicyclic) bond motifs is 2. The number of nitrogens with zero attached hydrogens (tertiary/aromatic N) is 2. The summed E-state index contributed by atoms with van der Waals surface area (Å²) in [6.45, 7) is 4.97. The van der Waals surface area contributed by atoms with Crippen molar-refractivity contribution in [3.8, 4) is 5.75 Å². The highest BCUT2D eigenvalue weighted by molar-refractivity contribution is 5.39. The lowest BCUT2D eigenvalue weighted by Gasteiger charge is -2.21. The Morgan fingerprint density at radius 1 is 1.30 bits per heavy atom. The molecule has 0 bridgehead atoms. The van der Waals surface area contributed by atoms with Crippen molar-refractivity contribution < 1.29 is 4.74 Å². The second-order valence-electron chi connectivity index (χ2n) is 6.74. The number of hydrogen-bond donors (Lipinski definition) is 1. The molecule has 2 aromatic rings. The summed E-state index contributed by atoms with van der Waals surface area (Å²) in [5, 5.41) is 3.76. The molecule has 122 valence electrons. The molecule has 4 nitrogen and oxygen atoms in total. The lowest BCUT2D eigenvalue weighted by molar-refractivity contribution is 0.315. The van der Waals surface area contributed by atoms with Crippen LogP contribution in [0.2, 0.25) is 0 Å². The van der Waals surface area contributed by atoms with Crippen molar-refractivity contribution >= 4 is 0 Å². The Morgan fingerprint density at radius 3 is 3.22 bits per heavy atom. The molecule has 1 atom stereocenters. The molecular formula is C19H25N3O. The van der Waals surface area contributed by atoms with Crippen molar-refractivity contribution in [2.24, 2.45) is 0 Å². The first-order valence-electron chi connectivity index (χ1n) is 8.81. The molecule has 0 amide bonds. The first kappa shape index (κ1) is 14.8. The predicted octanol–water partition coefficient (Wildman–Crippen LogP) is 3.53. The summed E-state index contributed by atoms with van der Waals surface area (Å²) in [5.74, 6) is 2.30. The van der Waals surface area contributed by atoms with E-state index in [2.05, 4.69) is 46.2 Å². The zero-order valence-electron chi connectivity index (χ0n) is 13.8. The van der Waals surface area contributed by atoms with E-state index in [4.69, 9.17) is 4.74 Å². The van der Waals surface area contributed by atoms with Gasteiger partial charge in [-0.3, -0.25) is 0 Å². The Kier molecular flexibility index (Phi) is 4.08. The van der Waals surface area contributed by atoms with E-state index in [1.165, 1.54) is 35.5 Å². The molecule has 0 spiro atoms. The van der Waals surface area contributed by atoms with Crippen LogP contribution < -0.4 is 10.1 Å². The van der Waals surface area contributed by atoms with Crippen LogP contribution in [0.15, 0.2) is 24.4 Å². The third-order valence-electron chi connectivity index (χ3n) is 5.02. The van der Waals surface area contributed by atoms with E-state index in [9.17, 15) is 0 Å². The monoisotopic (exact) mass is 311 g/mol. The molecule has 0 radical (unpaired) electrons. The summed E-state index contributed by atoms with van der Waals surface area (Å²) in [6.07, 6.45) is 7.94. The highest BCUT2D eigenvalue weighted by Gasteiger charge is 2.21. The van der Waals surface area contributed by atoms with Gasteiger partial charge in [0.05, 0.1) is 12.3 Å². The molecule has 1 unspecified atom stereocenters. The highest BCUT2D eigenvalue weighted by atomic mass is 16.5. The van der Waals surface area contributed by atoms with E-state index in [1.54, 1.807) is 0 Å². The second kappa shape index (κ2) is 6.36. The maximum absolute atomic E-state index is 5.90. The molecule has 1 aromatic heterocycles. The lowest BCUT2D eigenvalue weighted by atomic mass is 10.00. The fourth-order valence-corrected chi connectivity index (χ4v) is 3.76. The summed E-state index contributed by atoms with van der Waals surface area (Å²) in [5.41, 5.74) is 3.92. The number of imidazole rings is 1. The number of aryl methyl sites for hydroxylation is 2. The van der Waals surface area contributed by atoms with Crippen LogP contribution in [0.4, 0.5) is 0 Å². The topological polar surface area (TPSA) is 39.1 Å². The molecule has 2 aliphatic heterocycles. The van der Waals surface area contributed by atoms with Crippen LogP contribution >= 0.6 is 0 Å². The molecule has 0 saturated carbocycles. The Balaban J connectivity index is 1.53. The Bertz CT molecular complexity index is 692. The molecular weight excluding hydrogens is 286 g/mol. The molecule has 1 aromatic carbocycles. The van der Waals surface area contributed by atoms with E-state index in [0.29, 0.717) is 6.04 Å². The fourth-order valence-electron chi connectivity index (χ4n) is 3.76. The van der Waals surface area contributed by atoms with Gasteiger partial charge in [-0.25, -0.2) is 4.98 Å². The minimum Gasteiger partial charge on any atom is -0.493 e. The Labute approximate surface area is 137 Å². The molecule has 0 fully saturated rings. The Hall–Kier alpha value is -1.81. The van der Waals surface area contributed by atoms with Gasteiger partial charge in [-0.1, -0.05) is 17.7 Å². The van der Waals surface area contributed by atoms with Crippen molar-refractivity contribution in [2.75, 3.05) is 6.61 Å². The maximum Gasteiger partial charge on any atom is 0.124 e. The van der Waals surface area contributed by atoms with Gasteiger partial charge in [0.1, 0.15) is 11.6 Å². The van der Waals surface area contributed by atoms with Gasteiger partial charge in [0.25, 0.3) is 0 Å². The quantitative estimate of drug-likeness (QED) is 0.942. The minimum absolute atomic E-state index is 0.363. The molecule has 2 aliphatic rings. The lowest BCUT2D eigenvalue weighted by Crippen LogP contribution is -2.23. The van der Waals surface area contributed by atoms with Crippen LogP contribution in [0.3, 0.4) is 0 Å². The fraction of sp³-hybridized carbons (Fsp3) is 0.526.